The Morgan fingerprint density at radius 3 is 2.90 bits per heavy atom. The number of hydrogen-bond donors (Lipinski definition) is 2. The van der Waals surface area contributed by atoms with Gasteiger partial charge in [0.2, 0.25) is 0 Å². The molecule has 0 bridgehead atoms. The van der Waals surface area contributed by atoms with Crippen molar-refractivity contribution in [3.8, 4) is 5.75 Å². The average molecular weight is 483 g/mol. The van der Waals surface area contributed by atoms with Gasteiger partial charge < -0.3 is 9.84 Å². The highest BCUT2D eigenvalue weighted by atomic mass is 127. The summed E-state index contributed by atoms with van der Waals surface area (Å²) < 4.78 is 6.40. The van der Waals surface area contributed by atoms with Crippen molar-refractivity contribution in [2.75, 3.05) is 11.9 Å². The van der Waals surface area contributed by atoms with Crippen LogP contribution in [0.2, 0.25) is 0 Å². The van der Waals surface area contributed by atoms with Crippen molar-refractivity contribution in [1.82, 2.24) is 4.98 Å². The van der Waals surface area contributed by atoms with Crippen LogP contribution in [0.3, 0.4) is 0 Å². The third-order valence-corrected chi connectivity index (χ3v) is 4.30. The maximum absolute atomic E-state index is 11.8. The Labute approximate surface area is 145 Å². The minimum absolute atomic E-state index is 0.0201. The molecule has 0 saturated heterocycles. The lowest BCUT2D eigenvalue weighted by Crippen LogP contribution is -2.20. The SMILES string of the molecule is O=C(COC(=O)c1cc(I)ccc1O)Nc1ncc(Br)s1. The number of benzene rings is 1. The number of esters is 1. The summed E-state index contributed by atoms with van der Waals surface area (Å²) in [5.41, 5.74) is 0.0201. The van der Waals surface area contributed by atoms with Crippen LogP contribution in [0.1, 0.15) is 10.4 Å². The summed E-state index contributed by atoms with van der Waals surface area (Å²) in [6.45, 7) is -0.457. The van der Waals surface area contributed by atoms with Crippen LogP contribution in [-0.4, -0.2) is 28.6 Å². The van der Waals surface area contributed by atoms with Crippen molar-refractivity contribution in [1.29, 1.82) is 0 Å². The summed E-state index contributed by atoms with van der Waals surface area (Å²) in [7, 11) is 0. The lowest BCUT2D eigenvalue weighted by Gasteiger charge is -2.06. The van der Waals surface area contributed by atoms with Gasteiger partial charge in [0.15, 0.2) is 11.7 Å². The van der Waals surface area contributed by atoms with Gasteiger partial charge in [-0.25, -0.2) is 9.78 Å². The van der Waals surface area contributed by atoms with E-state index in [1.165, 1.54) is 23.5 Å². The van der Waals surface area contributed by atoms with E-state index in [4.69, 9.17) is 4.74 Å². The first kappa shape index (κ1) is 16.2. The van der Waals surface area contributed by atoms with Crippen LogP contribution in [0.5, 0.6) is 5.75 Å². The minimum atomic E-state index is -0.763. The molecule has 0 aliphatic heterocycles. The fraction of sp³-hybridized carbons (Fsp3) is 0.0833. The highest BCUT2D eigenvalue weighted by Gasteiger charge is 2.15. The van der Waals surface area contributed by atoms with E-state index in [0.29, 0.717) is 5.13 Å². The fourth-order valence-corrected chi connectivity index (χ4v) is 2.96. The molecule has 0 unspecified atom stereocenters. The van der Waals surface area contributed by atoms with Gasteiger partial charge in [0, 0.05) is 3.57 Å². The number of rotatable bonds is 4. The summed E-state index contributed by atoms with van der Waals surface area (Å²) in [5, 5.41) is 12.5. The number of ether oxygens (including phenoxy) is 1. The van der Waals surface area contributed by atoms with Crippen LogP contribution >= 0.6 is 49.9 Å². The predicted octanol–water partition coefficient (Wildman–Crippen LogP) is 3.01. The molecule has 0 aliphatic rings. The lowest BCUT2D eigenvalue weighted by molar-refractivity contribution is -0.119. The Bertz CT molecular complexity index is 692. The number of aromatic nitrogens is 1. The molecule has 0 spiro atoms. The Morgan fingerprint density at radius 1 is 1.48 bits per heavy atom. The number of halogens is 2. The largest absolute Gasteiger partial charge is 0.507 e. The van der Waals surface area contributed by atoms with Crippen molar-refractivity contribution < 1.29 is 19.4 Å². The predicted molar refractivity (Wildman–Crippen MR) is 89.6 cm³/mol. The summed E-state index contributed by atoms with van der Waals surface area (Å²) in [5.74, 6) is -1.46. The Morgan fingerprint density at radius 2 is 2.24 bits per heavy atom. The van der Waals surface area contributed by atoms with Crippen LogP contribution < -0.4 is 5.32 Å². The van der Waals surface area contributed by atoms with Gasteiger partial charge in [0.05, 0.1) is 9.98 Å². The van der Waals surface area contributed by atoms with E-state index in [1.54, 1.807) is 12.3 Å². The van der Waals surface area contributed by atoms with Gasteiger partial charge >= 0.3 is 5.97 Å². The van der Waals surface area contributed by atoms with E-state index in [1.807, 2.05) is 22.6 Å². The first-order chi connectivity index (χ1) is 9.95. The number of thiazole rings is 1. The highest BCUT2D eigenvalue weighted by Crippen LogP contribution is 2.23. The number of phenolic OH excluding ortho intramolecular Hbond substituents is 1. The maximum Gasteiger partial charge on any atom is 0.342 e. The topological polar surface area (TPSA) is 88.5 Å². The van der Waals surface area contributed by atoms with Gasteiger partial charge in [0.25, 0.3) is 5.91 Å². The standard InChI is InChI=1S/C12H8BrIN2O4S/c13-9-4-15-12(21-9)16-10(18)5-20-11(19)7-3-6(14)1-2-8(7)17/h1-4,17H,5H2,(H,15,16,18). The molecule has 9 heteroatoms. The van der Waals surface area contributed by atoms with Gasteiger partial charge in [-0.1, -0.05) is 11.3 Å². The molecule has 1 aromatic heterocycles. The third-order valence-electron chi connectivity index (χ3n) is 2.24. The monoisotopic (exact) mass is 482 g/mol. The fourth-order valence-electron chi connectivity index (χ4n) is 1.35. The van der Waals surface area contributed by atoms with Crippen molar-refractivity contribution in [3.63, 3.8) is 0 Å². The molecule has 2 N–H and O–H groups in total. The number of anilines is 1. The lowest BCUT2D eigenvalue weighted by atomic mass is 10.2. The second-order valence-electron chi connectivity index (χ2n) is 3.76. The van der Waals surface area contributed by atoms with Crippen LogP contribution in [-0.2, 0) is 9.53 Å². The first-order valence-corrected chi connectivity index (χ1v) is 8.21. The van der Waals surface area contributed by atoms with Crippen LogP contribution in [0, 0.1) is 3.57 Å². The summed E-state index contributed by atoms with van der Waals surface area (Å²) in [6.07, 6.45) is 1.55. The molecular formula is C12H8BrIN2O4S. The highest BCUT2D eigenvalue weighted by molar-refractivity contribution is 14.1. The second-order valence-corrected chi connectivity index (χ2v) is 7.41. The second kappa shape index (κ2) is 7.18. The average Bonchev–Trinajstić information content (AvgIpc) is 2.84. The molecule has 0 atom stereocenters. The zero-order valence-corrected chi connectivity index (χ0v) is 14.9. The molecule has 0 saturated carbocycles. The molecule has 1 aromatic carbocycles. The number of amides is 1. The first-order valence-electron chi connectivity index (χ1n) is 5.52. The summed E-state index contributed by atoms with van der Waals surface area (Å²) >= 11 is 6.47. The van der Waals surface area contributed by atoms with E-state index >= 15 is 0 Å². The Balaban J connectivity index is 1.91. The van der Waals surface area contributed by atoms with E-state index in [2.05, 4.69) is 26.2 Å². The molecule has 1 heterocycles. The minimum Gasteiger partial charge on any atom is -0.507 e. The Hall–Kier alpha value is -1.20. The van der Waals surface area contributed by atoms with E-state index in [-0.39, 0.29) is 11.3 Å². The molecule has 2 rings (SSSR count). The number of phenols is 1. The number of carbonyl (C=O) groups is 2. The zero-order valence-electron chi connectivity index (χ0n) is 10.3. The quantitative estimate of drug-likeness (QED) is 0.516. The zero-order chi connectivity index (χ0) is 15.4. The normalized spacial score (nSPS) is 10.2. The number of aromatic hydroxyl groups is 1. The molecule has 0 fully saturated rings. The number of hydrogen-bond acceptors (Lipinski definition) is 6. The molecular weight excluding hydrogens is 475 g/mol. The van der Waals surface area contributed by atoms with E-state index in [0.717, 1.165) is 7.36 Å². The molecule has 0 radical (unpaired) electrons. The van der Waals surface area contributed by atoms with Crippen LogP contribution in [0.4, 0.5) is 5.13 Å². The van der Waals surface area contributed by atoms with E-state index in [9.17, 15) is 14.7 Å². The van der Waals surface area contributed by atoms with Gasteiger partial charge in [-0.15, -0.1) is 0 Å². The number of carbonyl (C=O) groups excluding carboxylic acids is 2. The number of nitrogens with zero attached hydrogens (tertiary/aromatic N) is 1. The van der Waals surface area contributed by atoms with Gasteiger partial charge in [-0.3, -0.25) is 10.1 Å². The molecule has 0 aliphatic carbocycles. The van der Waals surface area contributed by atoms with Crippen molar-refractivity contribution in [2.45, 2.75) is 0 Å². The summed E-state index contributed by atoms with van der Waals surface area (Å²) in [4.78, 5) is 27.3. The van der Waals surface area contributed by atoms with Crippen molar-refractivity contribution in [2.24, 2.45) is 0 Å². The summed E-state index contributed by atoms with van der Waals surface area (Å²) in [6, 6.07) is 4.53. The molecule has 2 aromatic rings. The number of nitrogens with one attached hydrogen (secondary N) is 1. The van der Waals surface area contributed by atoms with Crippen LogP contribution in [0.25, 0.3) is 0 Å². The van der Waals surface area contributed by atoms with Gasteiger partial charge in [0.1, 0.15) is 11.3 Å². The smallest absolute Gasteiger partial charge is 0.342 e. The van der Waals surface area contributed by atoms with Gasteiger partial charge in [-0.05, 0) is 56.7 Å². The Kier molecular flexibility index (Phi) is 5.53. The van der Waals surface area contributed by atoms with Gasteiger partial charge in [-0.2, -0.15) is 0 Å². The third kappa shape index (κ3) is 4.64. The van der Waals surface area contributed by atoms with Crippen molar-refractivity contribution in [3.05, 3.63) is 37.3 Å². The van der Waals surface area contributed by atoms with Crippen LogP contribution in [0.15, 0.2) is 28.2 Å². The molecule has 6 nitrogen and oxygen atoms in total. The maximum atomic E-state index is 11.8. The molecule has 1 amide bonds. The van der Waals surface area contributed by atoms with E-state index < -0.39 is 18.5 Å². The van der Waals surface area contributed by atoms with Crippen molar-refractivity contribution >= 4 is 66.9 Å². The molecule has 21 heavy (non-hydrogen) atoms. The molecule has 110 valence electrons.